The molecule has 1 saturated heterocycles. The van der Waals surface area contributed by atoms with Crippen molar-refractivity contribution >= 4 is 28.7 Å². The molecule has 114 valence electrons. The van der Waals surface area contributed by atoms with Gasteiger partial charge in [0.1, 0.15) is 0 Å². The molecule has 20 heavy (non-hydrogen) atoms. The number of rotatable bonds is 3. The molecule has 1 heterocycles. The molecule has 4 atom stereocenters. The molecule has 4 heteroatoms. The standard InChI is InChI=1S/C16H28N2S2/c1-3-19-14-8-4-7-13(14)17-15-18-16(11-20-15)9-5-6-12(2)10-16/h12-14H,3-11H2,1-2H3,(H,17,18). The Balaban J connectivity index is 1.62. The van der Waals surface area contributed by atoms with Gasteiger partial charge < -0.3 is 5.32 Å². The van der Waals surface area contributed by atoms with E-state index in [1.807, 2.05) is 11.8 Å². The summed E-state index contributed by atoms with van der Waals surface area (Å²) in [6.07, 6.45) is 9.53. The van der Waals surface area contributed by atoms with E-state index in [9.17, 15) is 0 Å². The lowest BCUT2D eigenvalue weighted by atomic mass is 9.78. The van der Waals surface area contributed by atoms with Crippen LogP contribution in [0.4, 0.5) is 0 Å². The molecule has 1 spiro atoms. The molecule has 0 amide bonds. The van der Waals surface area contributed by atoms with Crippen molar-refractivity contribution in [3.8, 4) is 0 Å². The minimum Gasteiger partial charge on any atom is -0.359 e. The summed E-state index contributed by atoms with van der Waals surface area (Å²) in [5.41, 5.74) is 0.382. The van der Waals surface area contributed by atoms with Crippen molar-refractivity contribution in [2.24, 2.45) is 10.9 Å². The molecule has 0 aromatic heterocycles. The van der Waals surface area contributed by atoms with E-state index in [1.165, 1.54) is 61.6 Å². The Morgan fingerprint density at radius 1 is 1.35 bits per heavy atom. The van der Waals surface area contributed by atoms with E-state index >= 15 is 0 Å². The first kappa shape index (κ1) is 15.1. The van der Waals surface area contributed by atoms with Crippen LogP contribution in [-0.2, 0) is 0 Å². The third-order valence-electron chi connectivity index (χ3n) is 5.03. The van der Waals surface area contributed by atoms with Gasteiger partial charge in [-0.25, -0.2) is 0 Å². The summed E-state index contributed by atoms with van der Waals surface area (Å²) in [6.45, 7) is 4.68. The Hall–Kier alpha value is 0.170. The lowest BCUT2D eigenvalue weighted by Crippen LogP contribution is -2.47. The fourth-order valence-corrected chi connectivity index (χ4v) is 6.52. The number of hydrogen-bond acceptors (Lipinski definition) is 3. The lowest BCUT2D eigenvalue weighted by molar-refractivity contribution is 0.242. The minimum atomic E-state index is 0.382. The molecule has 3 fully saturated rings. The Morgan fingerprint density at radius 2 is 2.25 bits per heavy atom. The van der Waals surface area contributed by atoms with Gasteiger partial charge in [0.05, 0.1) is 6.04 Å². The quantitative estimate of drug-likeness (QED) is 0.841. The largest absolute Gasteiger partial charge is 0.359 e. The van der Waals surface area contributed by atoms with E-state index in [4.69, 9.17) is 4.99 Å². The highest BCUT2D eigenvalue weighted by Gasteiger charge is 2.41. The zero-order valence-electron chi connectivity index (χ0n) is 12.9. The number of nitrogens with one attached hydrogen (secondary N) is 1. The van der Waals surface area contributed by atoms with Crippen molar-refractivity contribution < 1.29 is 0 Å². The zero-order chi connectivity index (χ0) is 14.0. The summed E-state index contributed by atoms with van der Waals surface area (Å²) in [5, 5.41) is 5.86. The monoisotopic (exact) mass is 312 g/mol. The second-order valence-electron chi connectivity index (χ2n) is 6.82. The van der Waals surface area contributed by atoms with Crippen LogP contribution in [0.15, 0.2) is 4.99 Å². The van der Waals surface area contributed by atoms with Gasteiger partial charge in [-0.1, -0.05) is 44.9 Å². The van der Waals surface area contributed by atoms with Crippen molar-refractivity contribution in [1.29, 1.82) is 0 Å². The number of aliphatic imine (C=N–C) groups is 1. The summed E-state index contributed by atoms with van der Waals surface area (Å²) >= 11 is 4.10. The van der Waals surface area contributed by atoms with Gasteiger partial charge in [-0.3, -0.25) is 4.99 Å². The van der Waals surface area contributed by atoms with Crippen LogP contribution < -0.4 is 5.32 Å². The third kappa shape index (κ3) is 3.32. The number of amidine groups is 1. The first-order valence-corrected chi connectivity index (χ1v) is 10.3. The molecule has 0 bridgehead atoms. The summed E-state index contributed by atoms with van der Waals surface area (Å²) in [7, 11) is 0. The van der Waals surface area contributed by atoms with Crippen LogP contribution in [0.1, 0.15) is 58.8 Å². The van der Waals surface area contributed by atoms with Crippen molar-refractivity contribution in [3.05, 3.63) is 0 Å². The van der Waals surface area contributed by atoms with E-state index in [-0.39, 0.29) is 0 Å². The van der Waals surface area contributed by atoms with Crippen LogP contribution >= 0.6 is 23.5 Å². The number of hydrogen-bond donors (Lipinski definition) is 1. The van der Waals surface area contributed by atoms with E-state index in [2.05, 4.69) is 30.9 Å². The molecule has 2 aliphatic carbocycles. The SMILES string of the molecule is CCSC1CCCC1N=C1NC2(CCCC(C)C2)CS1. The molecule has 3 rings (SSSR count). The van der Waals surface area contributed by atoms with Crippen LogP contribution in [0.5, 0.6) is 0 Å². The van der Waals surface area contributed by atoms with Crippen LogP contribution in [0.2, 0.25) is 0 Å². The van der Waals surface area contributed by atoms with Crippen molar-refractivity contribution in [2.75, 3.05) is 11.5 Å². The Morgan fingerprint density at radius 3 is 3.05 bits per heavy atom. The highest BCUT2D eigenvalue weighted by Crippen LogP contribution is 2.40. The smallest absolute Gasteiger partial charge is 0.157 e. The van der Waals surface area contributed by atoms with Crippen LogP contribution in [0.25, 0.3) is 0 Å². The maximum atomic E-state index is 5.10. The molecule has 1 N–H and O–H groups in total. The number of thioether (sulfide) groups is 2. The predicted molar refractivity (Wildman–Crippen MR) is 93.0 cm³/mol. The predicted octanol–water partition coefficient (Wildman–Crippen LogP) is 4.30. The fourth-order valence-electron chi connectivity index (χ4n) is 4.09. The highest BCUT2D eigenvalue weighted by atomic mass is 32.2. The van der Waals surface area contributed by atoms with E-state index < -0.39 is 0 Å². The molecule has 4 unspecified atom stereocenters. The second kappa shape index (κ2) is 6.51. The molecule has 2 saturated carbocycles. The summed E-state index contributed by atoms with van der Waals surface area (Å²) in [6, 6.07) is 0.575. The van der Waals surface area contributed by atoms with Gasteiger partial charge in [0.15, 0.2) is 5.17 Å². The molecule has 0 aromatic carbocycles. The molecule has 2 nitrogen and oxygen atoms in total. The fraction of sp³-hybridized carbons (Fsp3) is 0.938. The molecule has 0 radical (unpaired) electrons. The molecule has 1 aliphatic heterocycles. The molecule has 0 aromatic rings. The van der Waals surface area contributed by atoms with Crippen LogP contribution in [-0.4, -0.2) is 33.5 Å². The van der Waals surface area contributed by atoms with E-state index in [1.54, 1.807) is 0 Å². The number of nitrogens with zero attached hydrogens (tertiary/aromatic N) is 1. The van der Waals surface area contributed by atoms with Gasteiger partial charge in [-0.2, -0.15) is 11.8 Å². The van der Waals surface area contributed by atoms with Gasteiger partial charge in [0, 0.05) is 16.5 Å². The zero-order valence-corrected chi connectivity index (χ0v) is 14.5. The van der Waals surface area contributed by atoms with Crippen LogP contribution in [0, 0.1) is 5.92 Å². The topological polar surface area (TPSA) is 24.4 Å². The average molecular weight is 313 g/mol. The third-order valence-corrected chi connectivity index (χ3v) is 7.52. The average Bonchev–Trinajstić information content (AvgIpc) is 2.99. The van der Waals surface area contributed by atoms with Crippen molar-refractivity contribution in [3.63, 3.8) is 0 Å². The summed E-state index contributed by atoms with van der Waals surface area (Å²) in [4.78, 5) is 5.10. The Labute approximate surface area is 132 Å². The maximum absolute atomic E-state index is 5.10. The van der Waals surface area contributed by atoms with Gasteiger partial charge in [0.25, 0.3) is 0 Å². The molecule has 3 aliphatic rings. The second-order valence-corrected chi connectivity index (χ2v) is 9.30. The molecular formula is C16H28N2S2. The minimum absolute atomic E-state index is 0.382. The van der Waals surface area contributed by atoms with Crippen molar-refractivity contribution in [2.45, 2.75) is 75.6 Å². The van der Waals surface area contributed by atoms with Gasteiger partial charge in [-0.15, -0.1) is 0 Å². The first-order valence-electron chi connectivity index (χ1n) is 8.31. The normalized spacial score (nSPS) is 43.3. The van der Waals surface area contributed by atoms with Gasteiger partial charge in [-0.05, 0) is 37.4 Å². The van der Waals surface area contributed by atoms with E-state index in [0.717, 1.165) is 11.2 Å². The Kier molecular flexibility index (Phi) is 4.91. The maximum Gasteiger partial charge on any atom is 0.157 e. The van der Waals surface area contributed by atoms with Crippen molar-refractivity contribution in [1.82, 2.24) is 5.32 Å². The summed E-state index contributed by atoms with van der Waals surface area (Å²) < 4.78 is 0. The van der Waals surface area contributed by atoms with Crippen LogP contribution in [0.3, 0.4) is 0 Å². The summed E-state index contributed by atoms with van der Waals surface area (Å²) in [5.74, 6) is 3.36. The van der Waals surface area contributed by atoms with E-state index in [0.29, 0.717) is 11.6 Å². The highest BCUT2D eigenvalue weighted by molar-refractivity contribution is 8.14. The lowest BCUT2D eigenvalue weighted by Gasteiger charge is -2.36. The van der Waals surface area contributed by atoms with Gasteiger partial charge >= 0.3 is 0 Å². The molecular weight excluding hydrogens is 284 g/mol. The van der Waals surface area contributed by atoms with Gasteiger partial charge in [0.2, 0.25) is 0 Å². The Bertz CT molecular complexity index is 371. The first-order chi connectivity index (χ1) is 9.71.